The van der Waals surface area contributed by atoms with E-state index in [1.165, 1.54) is 11.8 Å². The van der Waals surface area contributed by atoms with Crippen molar-refractivity contribution in [2.75, 3.05) is 19.6 Å². The van der Waals surface area contributed by atoms with Crippen molar-refractivity contribution in [2.45, 2.75) is 32.5 Å². The van der Waals surface area contributed by atoms with Gasteiger partial charge in [-0.1, -0.05) is 30.3 Å². The van der Waals surface area contributed by atoms with Crippen LogP contribution in [-0.4, -0.2) is 42.6 Å². The average molecular weight is 313 g/mol. The quantitative estimate of drug-likeness (QED) is 0.512. The van der Waals surface area contributed by atoms with Crippen molar-refractivity contribution in [3.05, 3.63) is 47.7 Å². The molecule has 5 nitrogen and oxygen atoms in total. The molecule has 1 aliphatic heterocycles. The summed E-state index contributed by atoms with van der Waals surface area (Å²) in [6.07, 6.45) is 2.36. The van der Waals surface area contributed by atoms with E-state index in [1.807, 2.05) is 38.1 Å². The molecule has 0 bridgehead atoms. The van der Waals surface area contributed by atoms with Crippen LogP contribution in [0.25, 0.3) is 0 Å². The Kier molecular flexibility index (Phi) is 6.19. The molecule has 1 N–H and O–H groups in total. The number of nitrogens with one attached hydrogen (secondary N) is 1. The molecule has 2 atom stereocenters. The van der Waals surface area contributed by atoms with Gasteiger partial charge in [-0.05, 0) is 25.8 Å². The molecule has 1 aliphatic rings. The Labute approximate surface area is 137 Å². The maximum Gasteiger partial charge on any atom is 0.266 e. The first-order valence-corrected chi connectivity index (χ1v) is 7.92. The third-order valence-electron chi connectivity index (χ3n) is 3.70. The SMILES string of the molecule is CC1CN(C(=O)/C(C#N)=C\NCCc2ccccc2)CC(C)O1. The van der Waals surface area contributed by atoms with Crippen molar-refractivity contribution in [1.82, 2.24) is 10.2 Å². The molecule has 0 radical (unpaired) electrons. The van der Waals surface area contributed by atoms with Gasteiger partial charge in [-0.25, -0.2) is 0 Å². The van der Waals surface area contributed by atoms with E-state index < -0.39 is 0 Å². The molecule has 1 aromatic carbocycles. The summed E-state index contributed by atoms with van der Waals surface area (Å²) in [4.78, 5) is 14.1. The van der Waals surface area contributed by atoms with Crippen LogP contribution in [0.2, 0.25) is 0 Å². The summed E-state index contributed by atoms with van der Waals surface area (Å²) in [6.45, 7) is 5.59. The third-order valence-corrected chi connectivity index (χ3v) is 3.70. The predicted molar refractivity (Wildman–Crippen MR) is 88.4 cm³/mol. The minimum absolute atomic E-state index is 0.00585. The highest BCUT2D eigenvalue weighted by Gasteiger charge is 2.27. The van der Waals surface area contributed by atoms with Crippen LogP contribution in [-0.2, 0) is 16.0 Å². The van der Waals surface area contributed by atoms with Crippen LogP contribution in [0.4, 0.5) is 0 Å². The van der Waals surface area contributed by atoms with Gasteiger partial charge in [-0.3, -0.25) is 4.79 Å². The molecule has 1 amide bonds. The molecule has 0 aliphatic carbocycles. The zero-order valence-electron chi connectivity index (χ0n) is 13.7. The Morgan fingerprint density at radius 2 is 2.00 bits per heavy atom. The molecule has 0 aromatic heterocycles. The monoisotopic (exact) mass is 313 g/mol. The van der Waals surface area contributed by atoms with Gasteiger partial charge in [0.15, 0.2) is 0 Å². The summed E-state index contributed by atoms with van der Waals surface area (Å²) in [5.74, 6) is -0.235. The Balaban J connectivity index is 1.88. The fourth-order valence-electron chi connectivity index (χ4n) is 2.69. The first-order chi connectivity index (χ1) is 11.1. The van der Waals surface area contributed by atoms with Crippen molar-refractivity contribution >= 4 is 5.91 Å². The summed E-state index contributed by atoms with van der Waals surface area (Å²) >= 11 is 0. The molecule has 2 unspecified atom stereocenters. The van der Waals surface area contributed by atoms with Crippen LogP contribution in [0.3, 0.4) is 0 Å². The smallest absolute Gasteiger partial charge is 0.266 e. The second-order valence-electron chi connectivity index (χ2n) is 5.83. The van der Waals surface area contributed by atoms with Gasteiger partial charge in [-0.15, -0.1) is 0 Å². The molecule has 5 heteroatoms. The number of carbonyl (C=O) groups is 1. The molecule has 2 rings (SSSR count). The van der Waals surface area contributed by atoms with E-state index in [9.17, 15) is 10.1 Å². The number of rotatable bonds is 5. The maximum atomic E-state index is 12.4. The number of hydrogen-bond acceptors (Lipinski definition) is 4. The summed E-state index contributed by atoms with van der Waals surface area (Å²) in [6, 6.07) is 12.1. The van der Waals surface area contributed by atoms with Crippen LogP contribution in [0.5, 0.6) is 0 Å². The lowest BCUT2D eigenvalue weighted by Crippen LogP contribution is -2.48. The molecular weight excluding hydrogens is 290 g/mol. The van der Waals surface area contributed by atoms with Crippen LogP contribution in [0, 0.1) is 11.3 Å². The van der Waals surface area contributed by atoms with Gasteiger partial charge >= 0.3 is 0 Å². The molecule has 1 saturated heterocycles. The van der Waals surface area contributed by atoms with Crippen LogP contribution in [0.1, 0.15) is 19.4 Å². The average Bonchev–Trinajstić information content (AvgIpc) is 2.54. The van der Waals surface area contributed by atoms with Gasteiger partial charge in [0.25, 0.3) is 5.91 Å². The van der Waals surface area contributed by atoms with E-state index in [0.717, 1.165) is 6.42 Å². The number of amides is 1. The Morgan fingerprint density at radius 3 is 2.61 bits per heavy atom. The van der Waals surface area contributed by atoms with Crippen LogP contribution < -0.4 is 5.32 Å². The third kappa shape index (κ3) is 5.11. The lowest BCUT2D eigenvalue weighted by atomic mass is 10.1. The number of hydrogen-bond donors (Lipinski definition) is 1. The zero-order chi connectivity index (χ0) is 16.7. The van der Waals surface area contributed by atoms with Crippen molar-refractivity contribution in [3.8, 4) is 6.07 Å². The number of carbonyl (C=O) groups excluding carboxylic acids is 1. The van der Waals surface area contributed by atoms with Gasteiger partial charge in [-0.2, -0.15) is 5.26 Å². The second-order valence-corrected chi connectivity index (χ2v) is 5.83. The van der Waals surface area contributed by atoms with E-state index in [2.05, 4.69) is 17.4 Å². The largest absolute Gasteiger partial charge is 0.389 e. The number of ether oxygens (including phenoxy) is 1. The normalized spacial score (nSPS) is 21.6. The molecule has 122 valence electrons. The molecular formula is C18H23N3O2. The first kappa shape index (κ1) is 17.0. The van der Waals surface area contributed by atoms with E-state index in [0.29, 0.717) is 19.6 Å². The maximum absolute atomic E-state index is 12.4. The first-order valence-electron chi connectivity index (χ1n) is 7.92. The van der Waals surface area contributed by atoms with Crippen molar-refractivity contribution in [2.24, 2.45) is 0 Å². The minimum atomic E-state index is -0.235. The molecule has 0 spiro atoms. The second kappa shape index (κ2) is 8.35. The van der Waals surface area contributed by atoms with Crippen molar-refractivity contribution < 1.29 is 9.53 Å². The van der Waals surface area contributed by atoms with Gasteiger partial charge in [0.05, 0.1) is 12.2 Å². The summed E-state index contributed by atoms with van der Waals surface area (Å²) in [5, 5.41) is 12.3. The summed E-state index contributed by atoms with van der Waals surface area (Å²) < 4.78 is 5.62. The lowest BCUT2D eigenvalue weighted by molar-refractivity contribution is -0.138. The van der Waals surface area contributed by atoms with E-state index in [4.69, 9.17) is 4.74 Å². The van der Waals surface area contributed by atoms with Crippen LogP contribution in [0.15, 0.2) is 42.1 Å². The highest BCUT2D eigenvalue weighted by Crippen LogP contribution is 2.13. The zero-order valence-corrected chi connectivity index (χ0v) is 13.7. The lowest BCUT2D eigenvalue weighted by Gasteiger charge is -2.35. The molecule has 1 heterocycles. The van der Waals surface area contributed by atoms with E-state index >= 15 is 0 Å². The molecule has 0 saturated carbocycles. The van der Waals surface area contributed by atoms with Gasteiger partial charge < -0.3 is 15.0 Å². The number of benzene rings is 1. The topological polar surface area (TPSA) is 65.4 Å². The van der Waals surface area contributed by atoms with Crippen molar-refractivity contribution in [1.29, 1.82) is 5.26 Å². The molecule has 1 aromatic rings. The minimum Gasteiger partial charge on any atom is -0.389 e. The highest BCUT2D eigenvalue weighted by molar-refractivity contribution is 5.97. The Hall–Kier alpha value is -2.32. The van der Waals surface area contributed by atoms with E-state index in [-0.39, 0.29) is 23.7 Å². The molecule has 23 heavy (non-hydrogen) atoms. The van der Waals surface area contributed by atoms with Crippen LogP contribution >= 0.6 is 0 Å². The fourth-order valence-corrected chi connectivity index (χ4v) is 2.69. The van der Waals surface area contributed by atoms with Crippen molar-refractivity contribution in [3.63, 3.8) is 0 Å². The fraction of sp³-hybridized carbons (Fsp3) is 0.444. The van der Waals surface area contributed by atoms with Gasteiger partial charge in [0.1, 0.15) is 11.6 Å². The summed E-state index contributed by atoms with van der Waals surface area (Å²) in [7, 11) is 0. The Bertz CT molecular complexity index is 582. The van der Waals surface area contributed by atoms with Gasteiger partial charge in [0, 0.05) is 25.8 Å². The number of nitrogens with zero attached hydrogens (tertiary/aromatic N) is 2. The van der Waals surface area contributed by atoms with Gasteiger partial charge in [0.2, 0.25) is 0 Å². The number of nitriles is 1. The highest BCUT2D eigenvalue weighted by atomic mass is 16.5. The number of morpholine rings is 1. The summed E-state index contributed by atoms with van der Waals surface area (Å²) in [5.41, 5.74) is 1.36. The molecule has 1 fully saturated rings. The predicted octanol–water partition coefficient (Wildman–Crippen LogP) is 1.86. The standard InChI is InChI=1S/C18H23N3O2/c1-14-12-21(13-15(2)23-14)18(22)17(10-19)11-20-9-8-16-6-4-3-5-7-16/h3-7,11,14-15,20H,8-9,12-13H2,1-2H3/b17-11-. The van der Waals surface area contributed by atoms with E-state index in [1.54, 1.807) is 4.90 Å². The Morgan fingerprint density at radius 1 is 1.35 bits per heavy atom.